The lowest BCUT2D eigenvalue weighted by molar-refractivity contribution is -0.870. The minimum absolute atomic E-state index is 0.0560. The number of allylic oxidation sites excluding steroid dienone is 3. The molecular formula is C45H90N2O6P+. The van der Waals surface area contributed by atoms with Gasteiger partial charge in [0.25, 0.3) is 0 Å². The van der Waals surface area contributed by atoms with Gasteiger partial charge >= 0.3 is 7.82 Å². The third-order valence-electron chi connectivity index (χ3n) is 10.2. The Bertz CT molecular complexity index is 938. The average molecular weight is 786 g/mol. The van der Waals surface area contributed by atoms with Crippen LogP contribution in [0.4, 0.5) is 0 Å². The Balaban J connectivity index is 3.84. The Hall–Kier alpha value is -1.02. The molecule has 0 heterocycles. The summed E-state index contributed by atoms with van der Waals surface area (Å²) in [5.41, 5.74) is 0. The molecule has 54 heavy (non-hydrogen) atoms. The normalized spacial score (nSPS) is 14.6. The summed E-state index contributed by atoms with van der Waals surface area (Å²) in [7, 11) is 1.55. The van der Waals surface area contributed by atoms with E-state index in [4.69, 9.17) is 9.05 Å². The molecule has 3 unspecified atom stereocenters. The van der Waals surface area contributed by atoms with E-state index in [1.54, 1.807) is 6.08 Å². The van der Waals surface area contributed by atoms with E-state index in [9.17, 15) is 19.4 Å². The predicted molar refractivity (Wildman–Crippen MR) is 231 cm³/mol. The lowest BCUT2D eigenvalue weighted by Crippen LogP contribution is -2.45. The molecule has 0 aliphatic carbocycles. The molecule has 0 rings (SSSR count). The first-order valence-electron chi connectivity index (χ1n) is 22.7. The molecule has 0 aliphatic rings. The molecule has 320 valence electrons. The van der Waals surface area contributed by atoms with Crippen LogP contribution in [0.3, 0.4) is 0 Å². The van der Waals surface area contributed by atoms with E-state index in [2.05, 4.69) is 24.4 Å². The van der Waals surface area contributed by atoms with Gasteiger partial charge in [0.15, 0.2) is 0 Å². The van der Waals surface area contributed by atoms with Crippen LogP contribution in [0.25, 0.3) is 0 Å². The van der Waals surface area contributed by atoms with Crippen molar-refractivity contribution in [2.75, 3.05) is 40.9 Å². The molecule has 0 aromatic rings. The van der Waals surface area contributed by atoms with Crippen LogP contribution in [0.15, 0.2) is 24.3 Å². The average Bonchev–Trinajstić information content (AvgIpc) is 3.12. The minimum atomic E-state index is -4.32. The van der Waals surface area contributed by atoms with Crippen LogP contribution in [0, 0.1) is 0 Å². The number of phosphoric acid groups is 1. The molecule has 0 aromatic heterocycles. The van der Waals surface area contributed by atoms with Gasteiger partial charge in [-0.15, -0.1) is 0 Å². The van der Waals surface area contributed by atoms with E-state index in [0.717, 1.165) is 32.1 Å². The van der Waals surface area contributed by atoms with Crippen molar-refractivity contribution in [2.45, 2.75) is 219 Å². The number of likely N-dealkylation sites (N-methyl/N-ethyl adjacent to an activating group) is 1. The number of hydrogen-bond donors (Lipinski definition) is 3. The number of phosphoric ester groups is 1. The quantitative estimate of drug-likeness (QED) is 0.0247. The van der Waals surface area contributed by atoms with E-state index in [1.165, 1.54) is 154 Å². The van der Waals surface area contributed by atoms with Crippen LogP contribution in [0.2, 0.25) is 0 Å². The van der Waals surface area contributed by atoms with Crippen LogP contribution in [-0.4, -0.2) is 73.4 Å². The fourth-order valence-electron chi connectivity index (χ4n) is 6.51. The molecule has 9 heteroatoms. The molecule has 0 saturated carbocycles. The van der Waals surface area contributed by atoms with Crippen molar-refractivity contribution in [2.24, 2.45) is 0 Å². The van der Waals surface area contributed by atoms with Gasteiger partial charge in [0.2, 0.25) is 5.91 Å². The Labute approximate surface area is 334 Å². The van der Waals surface area contributed by atoms with E-state index >= 15 is 0 Å². The van der Waals surface area contributed by atoms with E-state index in [-0.39, 0.29) is 19.1 Å². The first-order valence-corrected chi connectivity index (χ1v) is 24.2. The molecule has 0 saturated heterocycles. The molecule has 0 aliphatic heterocycles. The van der Waals surface area contributed by atoms with Gasteiger partial charge in [-0.05, 0) is 32.1 Å². The number of hydrogen-bond acceptors (Lipinski definition) is 5. The van der Waals surface area contributed by atoms with Crippen LogP contribution in [0.5, 0.6) is 0 Å². The standard InChI is InChI=1S/C45H89N2O6P/c1-6-8-10-11-12-13-14-15-16-17-18-19-20-21-22-23-24-25-26-27-28-29-30-31-32-33-34-35-36-37-38-44(48)43(46-45(49)39-9-7-2)42-53-54(50,51)52-41-40-47(3,4)5/h33-34,37-38,43-44,48H,6-32,35-36,39-42H2,1-5H3,(H-,46,49,50,51)/p+1/b34-33+,38-37+. The molecule has 0 bridgehead atoms. The van der Waals surface area contributed by atoms with Gasteiger partial charge in [0, 0.05) is 6.42 Å². The minimum Gasteiger partial charge on any atom is -0.387 e. The first-order chi connectivity index (χ1) is 26.0. The van der Waals surface area contributed by atoms with Gasteiger partial charge in [-0.1, -0.05) is 192 Å². The summed E-state index contributed by atoms with van der Waals surface area (Å²) in [6.07, 6.45) is 45.5. The maximum atomic E-state index is 12.4. The van der Waals surface area contributed by atoms with E-state index in [0.29, 0.717) is 17.4 Å². The van der Waals surface area contributed by atoms with Crippen molar-refractivity contribution >= 4 is 13.7 Å². The van der Waals surface area contributed by atoms with Gasteiger partial charge in [-0.25, -0.2) is 4.57 Å². The molecule has 0 aromatic carbocycles. The third-order valence-corrected chi connectivity index (χ3v) is 11.2. The number of nitrogens with zero attached hydrogens (tertiary/aromatic N) is 1. The summed E-state index contributed by atoms with van der Waals surface area (Å²) in [6.45, 7) is 4.55. The highest BCUT2D eigenvalue weighted by molar-refractivity contribution is 7.47. The number of nitrogens with one attached hydrogen (secondary N) is 1. The highest BCUT2D eigenvalue weighted by atomic mass is 31.2. The zero-order valence-corrected chi connectivity index (χ0v) is 37.1. The summed E-state index contributed by atoms with van der Waals surface area (Å²) in [4.78, 5) is 22.5. The summed E-state index contributed by atoms with van der Waals surface area (Å²) in [5.74, 6) is -0.222. The fourth-order valence-corrected chi connectivity index (χ4v) is 7.24. The number of unbranched alkanes of at least 4 members (excludes halogenated alkanes) is 26. The molecule has 0 spiro atoms. The summed E-state index contributed by atoms with van der Waals surface area (Å²) < 4.78 is 23.2. The lowest BCUT2D eigenvalue weighted by Gasteiger charge is -2.25. The van der Waals surface area contributed by atoms with Gasteiger partial charge in [-0.3, -0.25) is 13.8 Å². The van der Waals surface area contributed by atoms with Gasteiger partial charge in [0.05, 0.1) is 39.9 Å². The number of aliphatic hydroxyl groups is 1. The number of rotatable bonds is 41. The molecule has 0 radical (unpaired) electrons. The lowest BCUT2D eigenvalue weighted by atomic mass is 10.0. The van der Waals surface area contributed by atoms with Gasteiger partial charge < -0.3 is 19.8 Å². The van der Waals surface area contributed by atoms with E-state index in [1.807, 2.05) is 34.1 Å². The highest BCUT2D eigenvalue weighted by Gasteiger charge is 2.27. The van der Waals surface area contributed by atoms with Gasteiger partial charge in [-0.2, -0.15) is 0 Å². The Morgan fingerprint density at radius 1 is 0.611 bits per heavy atom. The zero-order valence-electron chi connectivity index (χ0n) is 36.2. The summed E-state index contributed by atoms with van der Waals surface area (Å²) in [6, 6.07) is -0.854. The number of quaternary nitrogens is 1. The number of carbonyl (C=O) groups excluding carboxylic acids is 1. The maximum absolute atomic E-state index is 12.4. The first kappa shape index (κ1) is 53.0. The topological polar surface area (TPSA) is 105 Å². The molecule has 0 fully saturated rings. The maximum Gasteiger partial charge on any atom is 0.472 e. The predicted octanol–water partition coefficient (Wildman–Crippen LogP) is 12.5. The van der Waals surface area contributed by atoms with Crippen LogP contribution >= 0.6 is 7.82 Å². The highest BCUT2D eigenvalue weighted by Crippen LogP contribution is 2.43. The zero-order chi connectivity index (χ0) is 40.0. The Morgan fingerprint density at radius 3 is 1.46 bits per heavy atom. The second kappa shape index (κ2) is 37.6. The largest absolute Gasteiger partial charge is 0.472 e. The Morgan fingerprint density at radius 2 is 1.02 bits per heavy atom. The summed E-state index contributed by atoms with van der Waals surface area (Å²) in [5, 5.41) is 13.5. The second-order valence-electron chi connectivity index (χ2n) is 16.8. The molecule has 8 nitrogen and oxygen atoms in total. The molecule has 3 N–H and O–H groups in total. The molecular weight excluding hydrogens is 695 g/mol. The van der Waals surface area contributed by atoms with Crippen molar-refractivity contribution in [3.05, 3.63) is 24.3 Å². The molecule has 3 atom stereocenters. The number of carbonyl (C=O) groups is 1. The Kier molecular flexibility index (Phi) is 36.8. The fraction of sp³-hybridized carbons (Fsp3) is 0.889. The van der Waals surface area contributed by atoms with E-state index < -0.39 is 20.0 Å². The summed E-state index contributed by atoms with van der Waals surface area (Å²) >= 11 is 0. The third kappa shape index (κ3) is 39.2. The SMILES string of the molecule is CCCCCCCCCCCCCCCCCCCCCCCCCC/C=C/CC/C=C/C(O)C(COP(=O)(O)OCC[N+](C)(C)C)NC(=O)CCCC. The number of amides is 1. The van der Waals surface area contributed by atoms with Crippen molar-refractivity contribution in [3.8, 4) is 0 Å². The van der Waals surface area contributed by atoms with Crippen molar-refractivity contribution in [1.82, 2.24) is 5.32 Å². The van der Waals surface area contributed by atoms with Crippen LogP contribution in [-0.2, 0) is 18.4 Å². The van der Waals surface area contributed by atoms with Gasteiger partial charge in [0.1, 0.15) is 13.2 Å². The van der Waals surface area contributed by atoms with Crippen LogP contribution in [0.1, 0.15) is 206 Å². The molecule has 1 amide bonds. The van der Waals surface area contributed by atoms with Crippen molar-refractivity contribution in [1.29, 1.82) is 0 Å². The monoisotopic (exact) mass is 786 g/mol. The number of aliphatic hydroxyl groups excluding tert-OH is 1. The van der Waals surface area contributed by atoms with Crippen molar-refractivity contribution < 1.29 is 32.9 Å². The smallest absolute Gasteiger partial charge is 0.387 e. The van der Waals surface area contributed by atoms with Crippen LogP contribution < -0.4 is 5.32 Å². The second-order valence-corrected chi connectivity index (χ2v) is 18.2. The van der Waals surface area contributed by atoms with Crippen molar-refractivity contribution in [3.63, 3.8) is 0 Å².